The van der Waals surface area contributed by atoms with Gasteiger partial charge in [0, 0.05) is 12.0 Å². The summed E-state index contributed by atoms with van der Waals surface area (Å²) in [6.45, 7) is 8.61. The second kappa shape index (κ2) is 12.9. The molecule has 0 aliphatic heterocycles. The number of pyridine rings is 1. The fourth-order valence-electron chi connectivity index (χ4n) is 2.90. The van der Waals surface area contributed by atoms with Crippen molar-refractivity contribution in [1.29, 1.82) is 0 Å². The second-order valence-corrected chi connectivity index (χ2v) is 9.23. The number of benzene rings is 1. The highest BCUT2D eigenvalue weighted by molar-refractivity contribution is 6.39. The van der Waals surface area contributed by atoms with Gasteiger partial charge in [0.05, 0.1) is 28.4 Å². The van der Waals surface area contributed by atoms with Crippen molar-refractivity contribution < 1.29 is 27.8 Å². The molecular formula is C24H29Cl2F2N5O4. The Hall–Kier alpha value is -3.18. The Balaban J connectivity index is 0.00000235. The first-order valence-electron chi connectivity index (χ1n) is 11.3. The number of hydrogen-bond donors (Lipinski definition) is 3. The van der Waals surface area contributed by atoms with Gasteiger partial charge in [-0.25, -0.2) is 13.6 Å². The van der Waals surface area contributed by atoms with E-state index in [-0.39, 0.29) is 45.5 Å². The number of rotatable bonds is 8. The number of amides is 1. The lowest BCUT2D eigenvalue weighted by Crippen LogP contribution is -2.34. The van der Waals surface area contributed by atoms with Crippen molar-refractivity contribution in [3.05, 3.63) is 39.4 Å². The van der Waals surface area contributed by atoms with Gasteiger partial charge in [0.2, 0.25) is 17.7 Å². The van der Waals surface area contributed by atoms with Crippen molar-refractivity contribution >= 4 is 57.9 Å². The highest BCUT2D eigenvalue weighted by Gasteiger charge is 2.22. The van der Waals surface area contributed by atoms with Crippen molar-refractivity contribution in [2.75, 3.05) is 19.0 Å². The number of nitrogens with one attached hydrogen (secondary N) is 3. The van der Waals surface area contributed by atoms with Gasteiger partial charge in [0.15, 0.2) is 12.3 Å². The smallest absolute Gasteiger partial charge is 0.343 e. The summed E-state index contributed by atoms with van der Waals surface area (Å²) in [5.74, 6) is -1.14. The van der Waals surface area contributed by atoms with Crippen LogP contribution in [0.2, 0.25) is 10.0 Å². The Bertz CT molecular complexity index is 1260. The molecule has 3 N–H and O–H groups in total. The molecule has 0 fully saturated rings. The van der Waals surface area contributed by atoms with E-state index in [0.29, 0.717) is 16.8 Å². The van der Waals surface area contributed by atoms with Crippen LogP contribution in [0, 0.1) is 5.41 Å². The molecule has 13 heteroatoms. The molecule has 3 rings (SSSR count). The minimum Gasteiger partial charge on any atom is -0.471 e. The third-order valence-corrected chi connectivity index (χ3v) is 5.47. The number of alkyl halides is 2. The Morgan fingerprint density at radius 1 is 1.16 bits per heavy atom. The van der Waals surface area contributed by atoms with Crippen LogP contribution < -0.4 is 15.4 Å². The predicted octanol–water partition coefficient (Wildman–Crippen LogP) is 6.13. The normalized spacial score (nSPS) is 11.1. The number of fused-ring (bicyclic) bond motifs is 1. The van der Waals surface area contributed by atoms with E-state index in [1.54, 1.807) is 32.9 Å². The molecule has 0 spiro atoms. The summed E-state index contributed by atoms with van der Waals surface area (Å²) in [7, 11) is 1.14. The number of esters is 1. The minimum absolute atomic E-state index is 0.0882. The fourth-order valence-corrected chi connectivity index (χ4v) is 3.43. The molecular weight excluding hydrogens is 531 g/mol. The molecule has 0 radical (unpaired) electrons. The summed E-state index contributed by atoms with van der Waals surface area (Å²) < 4.78 is 34.9. The van der Waals surface area contributed by atoms with E-state index in [0.717, 1.165) is 7.11 Å². The van der Waals surface area contributed by atoms with Gasteiger partial charge in [0.25, 0.3) is 6.43 Å². The number of aromatic amines is 1. The van der Waals surface area contributed by atoms with E-state index in [1.807, 2.05) is 13.8 Å². The third-order valence-electron chi connectivity index (χ3n) is 4.72. The number of H-pyrrole nitrogens is 1. The first-order valence-corrected chi connectivity index (χ1v) is 12.1. The third kappa shape index (κ3) is 7.65. The van der Waals surface area contributed by atoms with Crippen LogP contribution in [-0.4, -0.2) is 47.0 Å². The molecule has 202 valence electrons. The van der Waals surface area contributed by atoms with Gasteiger partial charge in [-0.2, -0.15) is 9.97 Å². The van der Waals surface area contributed by atoms with Crippen molar-refractivity contribution in [2.24, 2.45) is 5.41 Å². The zero-order valence-corrected chi connectivity index (χ0v) is 22.8. The number of methoxy groups -OCH3 is 1. The molecule has 2 heterocycles. The zero-order chi connectivity index (χ0) is 27.9. The maximum atomic E-state index is 12.6. The van der Waals surface area contributed by atoms with Gasteiger partial charge in [0.1, 0.15) is 5.56 Å². The highest BCUT2D eigenvalue weighted by Crippen LogP contribution is 2.35. The molecule has 0 aliphatic rings. The summed E-state index contributed by atoms with van der Waals surface area (Å²) in [4.78, 5) is 35.5. The number of carbonyl (C=O) groups is 2. The average Bonchev–Trinajstić information content (AvgIpc) is 3.25. The van der Waals surface area contributed by atoms with Crippen LogP contribution in [0.15, 0.2) is 18.2 Å². The summed E-state index contributed by atoms with van der Waals surface area (Å²) >= 11 is 12.9. The van der Waals surface area contributed by atoms with Crippen LogP contribution in [0.1, 0.15) is 50.5 Å². The van der Waals surface area contributed by atoms with Gasteiger partial charge < -0.3 is 25.1 Å². The largest absolute Gasteiger partial charge is 0.471 e. The molecule has 0 unspecified atom stereocenters. The molecule has 9 nitrogen and oxygen atoms in total. The van der Waals surface area contributed by atoms with E-state index < -0.39 is 24.4 Å². The van der Waals surface area contributed by atoms with E-state index in [4.69, 9.17) is 27.9 Å². The lowest BCUT2D eigenvalue weighted by molar-refractivity contribution is -0.128. The number of hydrogen-bond acceptors (Lipinski definition) is 7. The molecule has 0 saturated heterocycles. The first-order chi connectivity index (χ1) is 17.4. The van der Waals surface area contributed by atoms with Gasteiger partial charge in [-0.3, -0.25) is 4.79 Å². The maximum absolute atomic E-state index is 12.6. The van der Waals surface area contributed by atoms with Gasteiger partial charge in [-0.15, -0.1) is 0 Å². The minimum atomic E-state index is -2.76. The fraction of sp³-hybridized carbons (Fsp3) is 0.417. The number of imidazole rings is 1. The van der Waals surface area contributed by atoms with Gasteiger partial charge >= 0.3 is 5.97 Å². The van der Waals surface area contributed by atoms with E-state index in [9.17, 15) is 18.4 Å². The Morgan fingerprint density at radius 2 is 1.84 bits per heavy atom. The molecule has 0 atom stereocenters. The molecule has 0 saturated carbocycles. The molecule has 3 aromatic rings. The number of nitrogens with zero attached hydrogens (tertiary/aromatic N) is 2. The van der Waals surface area contributed by atoms with Crippen LogP contribution in [0.5, 0.6) is 5.88 Å². The zero-order valence-electron chi connectivity index (χ0n) is 21.3. The SMILES string of the molecule is CC.COC(=O)c1cc2[nH]c(Nc3c(Cl)ccc(CNC(=O)C(C)(C)C)c3Cl)nc2nc1OCC(F)F. The van der Waals surface area contributed by atoms with Crippen LogP contribution in [0.4, 0.5) is 20.4 Å². The average molecular weight is 560 g/mol. The first kappa shape index (κ1) is 30.0. The highest BCUT2D eigenvalue weighted by atomic mass is 35.5. The van der Waals surface area contributed by atoms with Crippen LogP contribution in [0.3, 0.4) is 0 Å². The van der Waals surface area contributed by atoms with Crippen molar-refractivity contribution in [3.8, 4) is 5.88 Å². The van der Waals surface area contributed by atoms with E-state index >= 15 is 0 Å². The lowest BCUT2D eigenvalue weighted by Gasteiger charge is -2.18. The Labute approximate surface area is 223 Å². The van der Waals surface area contributed by atoms with Gasteiger partial charge in [-0.05, 0) is 17.7 Å². The molecule has 2 aromatic heterocycles. The van der Waals surface area contributed by atoms with E-state index in [1.165, 1.54) is 6.07 Å². The number of aromatic nitrogens is 3. The van der Waals surface area contributed by atoms with Crippen LogP contribution >= 0.6 is 23.2 Å². The lowest BCUT2D eigenvalue weighted by atomic mass is 9.95. The summed E-state index contributed by atoms with van der Waals surface area (Å²) in [5, 5.41) is 6.33. The molecule has 1 amide bonds. The molecule has 0 aliphatic carbocycles. The Morgan fingerprint density at radius 3 is 2.43 bits per heavy atom. The number of halogens is 4. The monoisotopic (exact) mass is 559 g/mol. The molecule has 1 aromatic carbocycles. The van der Waals surface area contributed by atoms with Crippen molar-refractivity contribution in [2.45, 2.75) is 47.6 Å². The van der Waals surface area contributed by atoms with Crippen LogP contribution in [0.25, 0.3) is 11.2 Å². The number of carbonyl (C=O) groups excluding carboxylic acids is 2. The molecule has 37 heavy (non-hydrogen) atoms. The van der Waals surface area contributed by atoms with E-state index in [2.05, 4.69) is 30.3 Å². The van der Waals surface area contributed by atoms with Crippen LogP contribution in [-0.2, 0) is 16.1 Å². The quantitative estimate of drug-likeness (QED) is 0.284. The van der Waals surface area contributed by atoms with Crippen molar-refractivity contribution in [1.82, 2.24) is 20.3 Å². The van der Waals surface area contributed by atoms with Crippen molar-refractivity contribution in [3.63, 3.8) is 0 Å². The Kier molecular flexibility index (Phi) is 10.4. The summed E-state index contributed by atoms with van der Waals surface area (Å²) in [5.41, 5.74) is 0.604. The molecule has 0 bridgehead atoms. The topological polar surface area (TPSA) is 118 Å². The second-order valence-electron chi connectivity index (χ2n) is 8.44. The van der Waals surface area contributed by atoms with Gasteiger partial charge in [-0.1, -0.05) is 63.9 Å². The standard InChI is InChI=1S/C22H23Cl2F2N5O4.C2H6/c1-22(2,3)20(33)27-8-10-5-6-12(23)16(15(10)24)29-21-28-13-7-11(19(32)34-4)18(30-17(13)31-21)35-9-14(25)26;1-2/h5-7,14H,8-9H2,1-4H3,(H,27,33)(H2,28,29,30,31);1-2H3. The number of anilines is 2. The maximum Gasteiger partial charge on any atom is 0.343 e. The summed E-state index contributed by atoms with van der Waals surface area (Å²) in [6, 6.07) is 4.63. The summed E-state index contributed by atoms with van der Waals surface area (Å²) in [6.07, 6.45) is -2.76. The predicted molar refractivity (Wildman–Crippen MR) is 139 cm³/mol. The number of ether oxygens (including phenoxy) is 2.